The smallest absolute Gasteiger partial charge is 0.294 e. The van der Waals surface area contributed by atoms with Crippen molar-refractivity contribution in [3.63, 3.8) is 0 Å². The fraction of sp³-hybridized carbons (Fsp3) is 0.219. The summed E-state index contributed by atoms with van der Waals surface area (Å²) in [6, 6.07) is 23.8. The molecule has 0 radical (unpaired) electrons. The zero-order valence-electron chi connectivity index (χ0n) is 22.3. The molecule has 0 saturated heterocycles. The van der Waals surface area contributed by atoms with Gasteiger partial charge in [-0.25, -0.2) is 4.98 Å². The number of nitrogens with zero attached hydrogens (tertiary/aromatic N) is 2. The first-order valence-corrected chi connectivity index (χ1v) is 13.8. The van der Waals surface area contributed by atoms with E-state index in [2.05, 4.69) is 18.8 Å². The highest BCUT2D eigenvalue weighted by Gasteiger charge is 2.45. The van der Waals surface area contributed by atoms with E-state index in [9.17, 15) is 14.7 Å². The van der Waals surface area contributed by atoms with Crippen molar-refractivity contribution in [2.24, 2.45) is 0 Å². The summed E-state index contributed by atoms with van der Waals surface area (Å²) in [5.41, 5.74) is 3.95. The van der Waals surface area contributed by atoms with E-state index < -0.39 is 23.5 Å². The number of anilines is 1. The number of amides is 1. The van der Waals surface area contributed by atoms with Gasteiger partial charge in [-0.15, -0.1) is 11.3 Å². The van der Waals surface area contributed by atoms with Gasteiger partial charge in [-0.05, 0) is 55.2 Å². The number of thiazole rings is 1. The Kier molecular flexibility index (Phi) is 7.35. The van der Waals surface area contributed by atoms with Crippen molar-refractivity contribution in [3.05, 3.63) is 112 Å². The molecule has 0 fully saturated rings. The molecule has 7 heteroatoms. The minimum absolute atomic E-state index is 0.0533. The zero-order chi connectivity index (χ0) is 27.7. The second-order valence-electron chi connectivity index (χ2n) is 9.72. The lowest BCUT2D eigenvalue weighted by atomic mass is 9.92. The SMILES string of the molecule is CCOc1ccc(N2C(=O)C(O)=C(C(=O)c3sc(-c4ccccc4)nc3C)C2c2ccc(C(C)C)cc2)cc1. The Morgan fingerprint density at radius 2 is 1.69 bits per heavy atom. The van der Waals surface area contributed by atoms with E-state index in [1.165, 1.54) is 16.2 Å². The summed E-state index contributed by atoms with van der Waals surface area (Å²) in [6.07, 6.45) is 0. The molecule has 1 amide bonds. The number of aliphatic hydroxyl groups is 1. The van der Waals surface area contributed by atoms with Crippen LogP contribution in [0.5, 0.6) is 5.75 Å². The Hall–Kier alpha value is -4.23. The van der Waals surface area contributed by atoms with Crippen molar-refractivity contribution in [1.82, 2.24) is 4.98 Å². The summed E-state index contributed by atoms with van der Waals surface area (Å²) in [4.78, 5) is 34.2. The van der Waals surface area contributed by atoms with Gasteiger partial charge in [0.1, 0.15) is 10.8 Å². The minimum Gasteiger partial charge on any atom is -0.503 e. The largest absolute Gasteiger partial charge is 0.503 e. The number of hydrogen-bond acceptors (Lipinski definition) is 6. The number of ether oxygens (including phenoxy) is 1. The first-order valence-electron chi connectivity index (χ1n) is 13.0. The van der Waals surface area contributed by atoms with Crippen LogP contribution in [0.25, 0.3) is 10.6 Å². The number of Topliss-reactive ketones (excluding diaryl/α,β-unsaturated/α-hetero) is 1. The predicted octanol–water partition coefficient (Wildman–Crippen LogP) is 7.42. The van der Waals surface area contributed by atoms with E-state index in [1.807, 2.05) is 61.5 Å². The molecule has 6 nitrogen and oxygen atoms in total. The van der Waals surface area contributed by atoms with E-state index in [0.717, 1.165) is 16.7 Å². The van der Waals surface area contributed by atoms with Gasteiger partial charge < -0.3 is 9.84 Å². The van der Waals surface area contributed by atoms with E-state index in [-0.39, 0.29) is 5.57 Å². The fourth-order valence-corrected chi connectivity index (χ4v) is 5.81. The minimum atomic E-state index is -0.800. The standard InChI is InChI=1S/C32H30N2O4S/c1-5-38-25-17-15-24(16-18-25)34-27(22-13-11-21(12-14-22)19(2)3)26(29(36)32(34)37)28(35)30-20(4)33-31(39-30)23-9-7-6-8-10-23/h6-19,27,36H,5H2,1-4H3. The van der Waals surface area contributed by atoms with Crippen LogP contribution in [0.1, 0.15) is 59.2 Å². The maximum absolute atomic E-state index is 14.1. The van der Waals surface area contributed by atoms with E-state index in [1.54, 1.807) is 31.2 Å². The Morgan fingerprint density at radius 1 is 1.03 bits per heavy atom. The quantitative estimate of drug-likeness (QED) is 0.236. The van der Waals surface area contributed by atoms with Crippen molar-refractivity contribution in [2.45, 2.75) is 39.7 Å². The number of hydrogen-bond donors (Lipinski definition) is 1. The van der Waals surface area contributed by atoms with Crippen LogP contribution >= 0.6 is 11.3 Å². The van der Waals surface area contributed by atoms with Crippen LogP contribution in [0, 0.1) is 6.92 Å². The number of aromatic nitrogens is 1. The lowest BCUT2D eigenvalue weighted by Gasteiger charge is -2.27. The average molecular weight is 539 g/mol. The number of carbonyl (C=O) groups is 2. The molecule has 198 valence electrons. The van der Waals surface area contributed by atoms with Crippen LogP contribution in [0.3, 0.4) is 0 Å². The fourth-order valence-electron chi connectivity index (χ4n) is 4.79. The van der Waals surface area contributed by atoms with Crippen LogP contribution in [0.4, 0.5) is 5.69 Å². The summed E-state index contributed by atoms with van der Waals surface area (Å²) in [7, 11) is 0. The molecule has 1 atom stereocenters. The molecule has 1 unspecified atom stereocenters. The molecule has 0 bridgehead atoms. The van der Waals surface area contributed by atoms with Gasteiger partial charge in [-0.3, -0.25) is 14.5 Å². The highest BCUT2D eigenvalue weighted by Crippen LogP contribution is 2.43. The summed E-state index contributed by atoms with van der Waals surface area (Å²) < 4.78 is 5.56. The zero-order valence-corrected chi connectivity index (χ0v) is 23.2. The van der Waals surface area contributed by atoms with Crippen LogP contribution in [0.15, 0.2) is 90.2 Å². The maximum atomic E-state index is 14.1. The van der Waals surface area contributed by atoms with Gasteiger partial charge in [0.05, 0.1) is 28.8 Å². The molecule has 3 aromatic carbocycles. The molecule has 1 aliphatic rings. The first-order chi connectivity index (χ1) is 18.8. The molecule has 1 aromatic heterocycles. The molecular weight excluding hydrogens is 508 g/mol. The van der Waals surface area contributed by atoms with Crippen LogP contribution in [-0.2, 0) is 4.79 Å². The van der Waals surface area contributed by atoms with Crippen molar-refractivity contribution in [3.8, 4) is 16.3 Å². The van der Waals surface area contributed by atoms with Gasteiger partial charge in [0, 0.05) is 11.3 Å². The summed E-state index contributed by atoms with van der Waals surface area (Å²) in [6.45, 7) is 8.42. The summed E-state index contributed by atoms with van der Waals surface area (Å²) >= 11 is 1.27. The van der Waals surface area contributed by atoms with Crippen molar-refractivity contribution >= 4 is 28.7 Å². The van der Waals surface area contributed by atoms with Crippen molar-refractivity contribution in [1.29, 1.82) is 0 Å². The molecule has 4 aromatic rings. The van der Waals surface area contributed by atoms with E-state index in [4.69, 9.17) is 4.74 Å². The van der Waals surface area contributed by atoms with Gasteiger partial charge in [0.2, 0.25) is 5.78 Å². The number of rotatable bonds is 8. The Balaban J connectivity index is 1.60. The normalized spacial score (nSPS) is 15.4. The van der Waals surface area contributed by atoms with Crippen LogP contribution in [-0.4, -0.2) is 28.4 Å². The van der Waals surface area contributed by atoms with Gasteiger partial charge in [0.15, 0.2) is 5.76 Å². The third-order valence-electron chi connectivity index (χ3n) is 6.82. The molecule has 2 heterocycles. The molecule has 1 aliphatic heterocycles. The maximum Gasteiger partial charge on any atom is 0.294 e. The average Bonchev–Trinajstić information content (AvgIpc) is 3.46. The first kappa shape index (κ1) is 26.4. The van der Waals surface area contributed by atoms with Gasteiger partial charge in [0.25, 0.3) is 5.91 Å². The highest BCUT2D eigenvalue weighted by atomic mass is 32.1. The van der Waals surface area contributed by atoms with E-state index >= 15 is 0 Å². The second kappa shape index (κ2) is 10.9. The van der Waals surface area contributed by atoms with Crippen LogP contribution < -0.4 is 9.64 Å². The number of carbonyl (C=O) groups excluding carboxylic acids is 2. The molecular formula is C32H30N2O4S. The second-order valence-corrected chi connectivity index (χ2v) is 10.7. The number of aliphatic hydroxyl groups excluding tert-OH is 1. The third-order valence-corrected chi connectivity index (χ3v) is 8.03. The predicted molar refractivity (Wildman–Crippen MR) is 155 cm³/mol. The Bertz CT molecular complexity index is 1540. The molecule has 0 aliphatic carbocycles. The van der Waals surface area contributed by atoms with Crippen molar-refractivity contribution < 1.29 is 19.4 Å². The molecule has 0 spiro atoms. The molecule has 5 rings (SSSR count). The van der Waals surface area contributed by atoms with Crippen molar-refractivity contribution in [2.75, 3.05) is 11.5 Å². The number of ketones is 1. The lowest BCUT2D eigenvalue weighted by Crippen LogP contribution is -2.31. The van der Waals surface area contributed by atoms with Gasteiger partial charge in [-0.1, -0.05) is 68.4 Å². The van der Waals surface area contributed by atoms with E-state index in [0.29, 0.717) is 39.5 Å². The van der Waals surface area contributed by atoms with Crippen LogP contribution in [0.2, 0.25) is 0 Å². The molecule has 39 heavy (non-hydrogen) atoms. The Morgan fingerprint density at radius 3 is 2.31 bits per heavy atom. The number of benzene rings is 3. The molecule has 0 saturated carbocycles. The van der Waals surface area contributed by atoms with Gasteiger partial charge >= 0.3 is 0 Å². The lowest BCUT2D eigenvalue weighted by molar-refractivity contribution is -0.117. The topological polar surface area (TPSA) is 79.7 Å². The summed E-state index contributed by atoms with van der Waals surface area (Å²) in [5, 5.41) is 11.9. The molecule has 1 N–H and O–H groups in total. The third kappa shape index (κ3) is 4.98. The monoisotopic (exact) mass is 538 g/mol. The summed E-state index contributed by atoms with van der Waals surface area (Å²) in [5.74, 6) is -0.558. The number of aryl methyl sites for hydroxylation is 1. The Labute approximate surface area is 232 Å². The highest BCUT2D eigenvalue weighted by molar-refractivity contribution is 7.17. The van der Waals surface area contributed by atoms with Gasteiger partial charge in [-0.2, -0.15) is 0 Å².